The van der Waals surface area contributed by atoms with Crippen LogP contribution in [0, 0.1) is 19.8 Å². The number of thiazole rings is 1. The predicted octanol–water partition coefficient (Wildman–Crippen LogP) is 3.32. The van der Waals surface area contributed by atoms with Gasteiger partial charge in [0.1, 0.15) is 0 Å². The van der Waals surface area contributed by atoms with Crippen LogP contribution in [0.3, 0.4) is 0 Å². The van der Waals surface area contributed by atoms with Crippen LogP contribution < -0.4 is 10.6 Å². The number of hydrogen-bond acceptors (Lipinski definition) is 4. The van der Waals surface area contributed by atoms with Crippen molar-refractivity contribution in [1.29, 1.82) is 0 Å². The number of urea groups is 1. The zero-order chi connectivity index (χ0) is 18.5. The minimum Gasteiger partial charge on any atom is -0.350 e. The molecule has 0 aliphatic carbocycles. The number of amides is 3. The number of hydrogen-bond donors (Lipinski definition) is 2. The van der Waals surface area contributed by atoms with Crippen LogP contribution in [-0.2, 0) is 11.3 Å². The molecule has 3 rings (SSSR count). The first kappa shape index (κ1) is 18.4. The maximum Gasteiger partial charge on any atom is 0.321 e. The minimum absolute atomic E-state index is 0.0434. The van der Waals surface area contributed by atoms with Gasteiger partial charge in [-0.2, -0.15) is 0 Å². The number of rotatable bonds is 4. The van der Waals surface area contributed by atoms with Gasteiger partial charge in [-0.15, -0.1) is 11.3 Å². The maximum absolute atomic E-state index is 12.3. The van der Waals surface area contributed by atoms with Crippen molar-refractivity contribution < 1.29 is 9.59 Å². The highest BCUT2D eigenvalue weighted by molar-refractivity contribution is 7.09. The van der Waals surface area contributed by atoms with Crippen molar-refractivity contribution in [2.75, 3.05) is 18.4 Å². The molecular formula is C19H24N4O2S. The molecule has 1 aliphatic rings. The molecule has 138 valence electrons. The summed E-state index contributed by atoms with van der Waals surface area (Å²) in [5, 5.41) is 8.84. The van der Waals surface area contributed by atoms with Crippen molar-refractivity contribution in [3.05, 3.63) is 45.9 Å². The number of carbonyl (C=O) groups is 2. The standard InChI is InChI=1S/C19H24N4O2S/c1-13-3-5-16(6-4-13)22-19(25)23-9-7-15(8-10-23)18(24)20-11-17-12-26-14(2)21-17/h3-6,12,15H,7-11H2,1-2H3,(H,20,24)(H,22,25). The van der Waals surface area contributed by atoms with Crippen molar-refractivity contribution in [3.63, 3.8) is 0 Å². The van der Waals surface area contributed by atoms with Crippen molar-refractivity contribution in [3.8, 4) is 0 Å². The van der Waals surface area contributed by atoms with E-state index >= 15 is 0 Å². The lowest BCUT2D eigenvalue weighted by Gasteiger charge is -2.31. The Morgan fingerprint density at radius 2 is 1.88 bits per heavy atom. The van der Waals surface area contributed by atoms with E-state index in [4.69, 9.17) is 0 Å². The SMILES string of the molecule is Cc1ccc(NC(=O)N2CCC(C(=O)NCc3csc(C)n3)CC2)cc1. The molecule has 0 bridgehead atoms. The predicted molar refractivity (Wildman–Crippen MR) is 103 cm³/mol. The van der Waals surface area contributed by atoms with Crippen LogP contribution in [-0.4, -0.2) is 34.9 Å². The van der Waals surface area contributed by atoms with E-state index in [2.05, 4.69) is 15.6 Å². The Morgan fingerprint density at radius 1 is 1.19 bits per heavy atom. The van der Waals surface area contributed by atoms with Gasteiger partial charge in [0.05, 0.1) is 17.2 Å². The first-order chi connectivity index (χ1) is 12.5. The molecule has 1 saturated heterocycles. The van der Waals surface area contributed by atoms with Crippen LogP contribution in [0.15, 0.2) is 29.6 Å². The lowest BCUT2D eigenvalue weighted by Crippen LogP contribution is -2.44. The largest absolute Gasteiger partial charge is 0.350 e. The third-order valence-electron chi connectivity index (χ3n) is 4.57. The zero-order valence-electron chi connectivity index (χ0n) is 15.1. The van der Waals surface area contributed by atoms with Gasteiger partial charge >= 0.3 is 6.03 Å². The topological polar surface area (TPSA) is 74.3 Å². The summed E-state index contributed by atoms with van der Waals surface area (Å²) in [5.74, 6) is 0.00685. The monoisotopic (exact) mass is 372 g/mol. The fraction of sp³-hybridized carbons (Fsp3) is 0.421. The third kappa shape index (κ3) is 4.82. The van der Waals surface area contributed by atoms with Gasteiger partial charge in [0.25, 0.3) is 0 Å². The van der Waals surface area contributed by atoms with Crippen LogP contribution in [0.1, 0.15) is 29.1 Å². The highest BCUT2D eigenvalue weighted by Crippen LogP contribution is 2.19. The number of anilines is 1. The van der Waals surface area contributed by atoms with Crippen LogP contribution in [0.4, 0.5) is 10.5 Å². The molecule has 1 aliphatic heterocycles. The van der Waals surface area contributed by atoms with Crippen molar-refractivity contribution >= 4 is 29.0 Å². The number of nitrogens with one attached hydrogen (secondary N) is 2. The Kier molecular flexibility index (Phi) is 5.88. The van der Waals surface area contributed by atoms with E-state index in [9.17, 15) is 9.59 Å². The average Bonchev–Trinajstić information content (AvgIpc) is 3.07. The van der Waals surface area contributed by atoms with Crippen molar-refractivity contribution in [2.45, 2.75) is 33.2 Å². The van der Waals surface area contributed by atoms with Crippen LogP contribution in [0.2, 0.25) is 0 Å². The highest BCUT2D eigenvalue weighted by atomic mass is 32.1. The lowest BCUT2D eigenvalue weighted by molar-refractivity contribution is -0.126. The summed E-state index contributed by atoms with van der Waals surface area (Å²) in [6.45, 7) is 5.61. The summed E-state index contributed by atoms with van der Waals surface area (Å²) >= 11 is 1.58. The smallest absolute Gasteiger partial charge is 0.321 e. The van der Waals surface area contributed by atoms with E-state index in [-0.39, 0.29) is 17.9 Å². The Hall–Kier alpha value is -2.41. The maximum atomic E-state index is 12.3. The van der Waals surface area contributed by atoms with Gasteiger partial charge in [-0.1, -0.05) is 17.7 Å². The first-order valence-electron chi connectivity index (χ1n) is 8.82. The lowest BCUT2D eigenvalue weighted by atomic mass is 9.96. The molecule has 7 heteroatoms. The molecule has 2 heterocycles. The molecule has 1 aromatic carbocycles. The Labute approximate surface area is 157 Å². The number of aromatic nitrogens is 1. The molecule has 1 aromatic heterocycles. The van der Waals surface area contributed by atoms with Gasteiger partial charge in [0.2, 0.25) is 5.91 Å². The summed E-state index contributed by atoms with van der Waals surface area (Å²) in [5.41, 5.74) is 2.84. The third-order valence-corrected chi connectivity index (χ3v) is 5.39. The fourth-order valence-electron chi connectivity index (χ4n) is 3.00. The van der Waals surface area contributed by atoms with Crippen LogP contribution in [0.25, 0.3) is 0 Å². The molecule has 0 radical (unpaired) electrons. The molecule has 1 fully saturated rings. The van der Waals surface area contributed by atoms with E-state index in [1.54, 1.807) is 16.2 Å². The van der Waals surface area contributed by atoms with Crippen molar-refractivity contribution in [1.82, 2.24) is 15.2 Å². The quantitative estimate of drug-likeness (QED) is 0.865. The van der Waals surface area contributed by atoms with Gasteiger partial charge in [0, 0.05) is 30.1 Å². The fourth-order valence-corrected chi connectivity index (χ4v) is 3.61. The molecule has 0 saturated carbocycles. The summed E-state index contributed by atoms with van der Waals surface area (Å²) in [7, 11) is 0. The van der Waals surface area contributed by atoms with E-state index < -0.39 is 0 Å². The van der Waals surface area contributed by atoms with Gasteiger partial charge < -0.3 is 15.5 Å². The van der Waals surface area contributed by atoms with Crippen molar-refractivity contribution in [2.24, 2.45) is 5.92 Å². The number of benzene rings is 1. The van der Waals surface area contributed by atoms with Crippen LogP contribution >= 0.6 is 11.3 Å². The summed E-state index contributed by atoms with van der Waals surface area (Å²) < 4.78 is 0. The van der Waals surface area contributed by atoms with E-state index in [1.165, 1.54) is 0 Å². The normalized spacial score (nSPS) is 14.9. The van der Waals surface area contributed by atoms with Crippen LogP contribution in [0.5, 0.6) is 0 Å². The molecule has 2 aromatic rings. The Morgan fingerprint density at radius 3 is 2.50 bits per heavy atom. The molecule has 26 heavy (non-hydrogen) atoms. The number of carbonyl (C=O) groups excluding carboxylic acids is 2. The molecule has 0 atom stereocenters. The Bertz CT molecular complexity index is 764. The number of piperidine rings is 1. The van der Waals surface area contributed by atoms with Gasteiger partial charge in [-0.3, -0.25) is 4.79 Å². The summed E-state index contributed by atoms with van der Waals surface area (Å²) in [4.78, 5) is 30.8. The molecule has 0 spiro atoms. The van der Waals surface area contributed by atoms with E-state index in [0.29, 0.717) is 32.5 Å². The molecule has 2 N–H and O–H groups in total. The summed E-state index contributed by atoms with van der Waals surface area (Å²) in [6, 6.07) is 7.62. The van der Waals surface area contributed by atoms with Gasteiger partial charge in [-0.25, -0.2) is 9.78 Å². The van der Waals surface area contributed by atoms with E-state index in [0.717, 1.165) is 22.0 Å². The average molecular weight is 372 g/mol. The number of aryl methyl sites for hydroxylation is 2. The number of likely N-dealkylation sites (tertiary alicyclic amines) is 1. The second-order valence-corrected chi connectivity index (χ2v) is 7.70. The summed E-state index contributed by atoms with van der Waals surface area (Å²) in [6.07, 6.45) is 1.37. The second kappa shape index (κ2) is 8.31. The second-order valence-electron chi connectivity index (χ2n) is 6.63. The van der Waals surface area contributed by atoms with Gasteiger partial charge in [0.15, 0.2) is 0 Å². The molecular weight excluding hydrogens is 348 g/mol. The Balaban J connectivity index is 1.43. The first-order valence-corrected chi connectivity index (χ1v) is 9.70. The number of nitrogens with zero attached hydrogens (tertiary/aromatic N) is 2. The zero-order valence-corrected chi connectivity index (χ0v) is 15.9. The van der Waals surface area contributed by atoms with Gasteiger partial charge in [-0.05, 0) is 38.8 Å². The van der Waals surface area contributed by atoms with E-state index in [1.807, 2.05) is 43.5 Å². The molecule has 3 amide bonds. The minimum atomic E-state index is -0.106. The highest BCUT2D eigenvalue weighted by Gasteiger charge is 2.27. The molecule has 6 nitrogen and oxygen atoms in total. The molecule has 0 unspecified atom stereocenters.